The van der Waals surface area contributed by atoms with Gasteiger partial charge < -0.3 is 5.32 Å². The van der Waals surface area contributed by atoms with Gasteiger partial charge in [0.1, 0.15) is 0 Å². The number of aromatic nitrogens is 2. The Bertz CT molecular complexity index is 1030. The molecule has 0 spiro atoms. The Morgan fingerprint density at radius 2 is 2.04 bits per heavy atom. The molecular formula is C19H19N3O2S. The molecule has 6 heteroatoms. The summed E-state index contributed by atoms with van der Waals surface area (Å²) in [5.41, 5.74) is 0.528. The smallest absolute Gasteiger partial charge is 0.261 e. The zero-order valence-corrected chi connectivity index (χ0v) is 15.0. The van der Waals surface area contributed by atoms with Gasteiger partial charge in [-0.1, -0.05) is 42.1 Å². The molecule has 0 saturated carbocycles. The first-order valence-corrected chi connectivity index (χ1v) is 8.84. The molecular weight excluding hydrogens is 334 g/mol. The average Bonchev–Trinajstić information content (AvgIpc) is 2.62. The second kappa shape index (κ2) is 7.11. The van der Waals surface area contributed by atoms with Crippen molar-refractivity contribution in [2.45, 2.75) is 17.3 Å². The van der Waals surface area contributed by atoms with Crippen molar-refractivity contribution in [1.29, 1.82) is 0 Å². The standard InChI is InChI=1S/C19H19N3O2S/c1-4-9-20-17(23)12(2)25-19-21-16-11-14-8-6-5-7-13(14)10-15(16)18(24)22(19)3/h4-8,10-12H,1,9H2,2-3H3,(H,20,23)/t12-/m1/s1. The molecule has 1 amide bonds. The number of fused-ring (bicyclic) bond motifs is 2. The predicted octanol–water partition coefficient (Wildman–Crippen LogP) is 2.87. The van der Waals surface area contributed by atoms with Crippen LogP contribution in [0, 0.1) is 0 Å². The number of rotatable bonds is 5. The molecule has 1 aromatic heterocycles. The monoisotopic (exact) mass is 353 g/mol. The highest BCUT2D eigenvalue weighted by Gasteiger charge is 2.18. The van der Waals surface area contributed by atoms with Crippen molar-refractivity contribution in [3.05, 3.63) is 59.4 Å². The van der Waals surface area contributed by atoms with Gasteiger partial charge in [0.15, 0.2) is 5.16 Å². The molecule has 0 aliphatic heterocycles. The number of nitrogens with zero attached hydrogens (tertiary/aromatic N) is 2. The fourth-order valence-electron chi connectivity index (χ4n) is 2.57. The first-order chi connectivity index (χ1) is 12.0. The van der Waals surface area contributed by atoms with Crippen LogP contribution in [-0.2, 0) is 11.8 Å². The minimum Gasteiger partial charge on any atom is -0.352 e. The zero-order chi connectivity index (χ0) is 18.0. The number of hydrogen-bond acceptors (Lipinski definition) is 4. The number of thioether (sulfide) groups is 1. The Balaban J connectivity index is 2.03. The second-order valence-electron chi connectivity index (χ2n) is 5.77. The van der Waals surface area contributed by atoms with Gasteiger partial charge in [0.2, 0.25) is 5.91 Å². The molecule has 0 aliphatic carbocycles. The third-order valence-corrected chi connectivity index (χ3v) is 5.12. The fraction of sp³-hybridized carbons (Fsp3) is 0.211. The van der Waals surface area contributed by atoms with Crippen LogP contribution >= 0.6 is 11.8 Å². The summed E-state index contributed by atoms with van der Waals surface area (Å²) in [7, 11) is 1.68. The van der Waals surface area contributed by atoms with Crippen LogP contribution in [0.15, 0.2) is 59.0 Å². The van der Waals surface area contributed by atoms with Crippen molar-refractivity contribution >= 4 is 39.3 Å². The van der Waals surface area contributed by atoms with Crippen molar-refractivity contribution in [3.63, 3.8) is 0 Å². The maximum atomic E-state index is 12.7. The van der Waals surface area contributed by atoms with Crippen LogP contribution in [0.2, 0.25) is 0 Å². The summed E-state index contributed by atoms with van der Waals surface area (Å²) in [5, 5.41) is 5.53. The van der Waals surface area contributed by atoms with Crippen LogP contribution in [-0.4, -0.2) is 27.3 Å². The van der Waals surface area contributed by atoms with Crippen molar-refractivity contribution in [3.8, 4) is 0 Å². The first-order valence-electron chi connectivity index (χ1n) is 7.96. The Labute approximate surface area is 149 Å². The normalized spacial score (nSPS) is 12.2. The van der Waals surface area contributed by atoms with Gasteiger partial charge in [-0.3, -0.25) is 14.2 Å². The molecule has 0 saturated heterocycles. The topological polar surface area (TPSA) is 64.0 Å². The third-order valence-electron chi connectivity index (χ3n) is 3.97. The van der Waals surface area contributed by atoms with E-state index >= 15 is 0 Å². The summed E-state index contributed by atoms with van der Waals surface area (Å²) in [6.45, 7) is 5.79. The highest BCUT2D eigenvalue weighted by Crippen LogP contribution is 2.24. The summed E-state index contributed by atoms with van der Waals surface area (Å²) >= 11 is 1.27. The molecule has 0 aliphatic rings. The van der Waals surface area contributed by atoms with Crippen molar-refractivity contribution < 1.29 is 4.79 Å². The molecule has 0 unspecified atom stereocenters. The van der Waals surface area contributed by atoms with E-state index in [9.17, 15) is 9.59 Å². The third kappa shape index (κ3) is 3.44. The lowest BCUT2D eigenvalue weighted by Gasteiger charge is -2.13. The SMILES string of the molecule is C=CCNC(=O)[C@@H](C)Sc1nc2cc3ccccc3cc2c(=O)n1C. The molecule has 128 valence electrons. The number of carbonyl (C=O) groups excluding carboxylic acids is 1. The number of amides is 1. The summed E-state index contributed by atoms with van der Waals surface area (Å²) in [6.07, 6.45) is 1.63. The van der Waals surface area contributed by atoms with Crippen LogP contribution < -0.4 is 10.9 Å². The molecule has 0 radical (unpaired) electrons. The van der Waals surface area contributed by atoms with Gasteiger partial charge in [-0.25, -0.2) is 4.98 Å². The zero-order valence-electron chi connectivity index (χ0n) is 14.2. The van der Waals surface area contributed by atoms with E-state index in [1.54, 1.807) is 20.0 Å². The second-order valence-corrected chi connectivity index (χ2v) is 7.08. The van der Waals surface area contributed by atoms with Crippen molar-refractivity contribution in [1.82, 2.24) is 14.9 Å². The number of carbonyl (C=O) groups is 1. The average molecular weight is 353 g/mol. The molecule has 3 aromatic rings. The van der Waals surface area contributed by atoms with Gasteiger partial charge in [-0.2, -0.15) is 0 Å². The summed E-state index contributed by atoms with van der Waals surface area (Å²) in [5.74, 6) is -0.113. The Morgan fingerprint density at radius 3 is 2.72 bits per heavy atom. The molecule has 0 bridgehead atoms. The minimum absolute atomic E-state index is 0.113. The Hall–Kier alpha value is -2.60. The highest BCUT2D eigenvalue weighted by molar-refractivity contribution is 8.00. The lowest BCUT2D eigenvalue weighted by atomic mass is 10.1. The van der Waals surface area contributed by atoms with Gasteiger partial charge in [-0.15, -0.1) is 6.58 Å². The summed E-state index contributed by atoms with van der Waals surface area (Å²) < 4.78 is 1.50. The van der Waals surface area contributed by atoms with Crippen LogP contribution in [0.1, 0.15) is 6.92 Å². The van der Waals surface area contributed by atoms with Crippen LogP contribution in [0.5, 0.6) is 0 Å². The van der Waals surface area contributed by atoms with E-state index in [1.165, 1.54) is 16.3 Å². The van der Waals surface area contributed by atoms with E-state index < -0.39 is 0 Å². The van der Waals surface area contributed by atoms with E-state index in [-0.39, 0.29) is 16.7 Å². The quantitative estimate of drug-likeness (QED) is 0.332. The van der Waals surface area contributed by atoms with E-state index in [2.05, 4.69) is 16.9 Å². The lowest BCUT2D eigenvalue weighted by molar-refractivity contribution is -0.120. The molecule has 5 nitrogen and oxygen atoms in total. The van der Waals surface area contributed by atoms with E-state index in [0.29, 0.717) is 22.6 Å². The molecule has 2 aromatic carbocycles. The van der Waals surface area contributed by atoms with Gasteiger partial charge in [0.25, 0.3) is 5.56 Å². The van der Waals surface area contributed by atoms with Gasteiger partial charge in [0.05, 0.1) is 16.2 Å². The minimum atomic E-state index is -0.365. The molecule has 0 fully saturated rings. The maximum absolute atomic E-state index is 12.7. The number of hydrogen-bond donors (Lipinski definition) is 1. The number of nitrogens with one attached hydrogen (secondary N) is 1. The Morgan fingerprint density at radius 1 is 1.36 bits per heavy atom. The van der Waals surface area contributed by atoms with Crippen LogP contribution in [0.4, 0.5) is 0 Å². The molecule has 1 N–H and O–H groups in total. The first kappa shape index (κ1) is 17.2. The van der Waals surface area contributed by atoms with Gasteiger partial charge in [-0.05, 0) is 29.8 Å². The van der Waals surface area contributed by atoms with E-state index in [1.807, 2.05) is 36.4 Å². The molecule has 3 rings (SSSR count). The maximum Gasteiger partial charge on any atom is 0.261 e. The molecule has 25 heavy (non-hydrogen) atoms. The van der Waals surface area contributed by atoms with Crippen LogP contribution in [0.25, 0.3) is 21.7 Å². The largest absolute Gasteiger partial charge is 0.352 e. The molecule has 1 heterocycles. The van der Waals surface area contributed by atoms with Gasteiger partial charge in [0, 0.05) is 13.6 Å². The van der Waals surface area contributed by atoms with Crippen molar-refractivity contribution in [2.75, 3.05) is 6.54 Å². The Kier molecular flexibility index (Phi) is 4.90. The van der Waals surface area contributed by atoms with E-state index in [0.717, 1.165) is 10.8 Å². The molecule has 1 atom stereocenters. The lowest BCUT2D eigenvalue weighted by Crippen LogP contribution is -2.31. The van der Waals surface area contributed by atoms with Crippen molar-refractivity contribution in [2.24, 2.45) is 7.05 Å². The van der Waals surface area contributed by atoms with Gasteiger partial charge >= 0.3 is 0 Å². The van der Waals surface area contributed by atoms with E-state index in [4.69, 9.17) is 0 Å². The fourth-order valence-corrected chi connectivity index (χ4v) is 3.47. The summed E-state index contributed by atoms with van der Waals surface area (Å²) in [6, 6.07) is 11.7. The summed E-state index contributed by atoms with van der Waals surface area (Å²) in [4.78, 5) is 29.4. The van der Waals surface area contributed by atoms with Crippen LogP contribution in [0.3, 0.4) is 0 Å². The highest BCUT2D eigenvalue weighted by atomic mass is 32.2. The number of benzene rings is 2. The predicted molar refractivity (Wildman–Crippen MR) is 103 cm³/mol.